The van der Waals surface area contributed by atoms with Crippen molar-refractivity contribution in [3.63, 3.8) is 0 Å². The highest BCUT2D eigenvalue weighted by Gasteiger charge is 2.29. The number of phenolic OH excluding ortho intramolecular Hbond substituents is 1. The number of aromatic hydroxyl groups is 1. The molecule has 0 unspecified atom stereocenters. The summed E-state index contributed by atoms with van der Waals surface area (Å²) in [6.07, 6.45) is -0.503. The number of carbonyl (C=O) groups excluding carboxylic acids is 6. The second-order valence-corrected chi connectivity index (χ2v) is 12.0. The normalized spacial score (nSPS) is 12.4. The van der Waals surface area contributed by atoms with Crippen LogP contribution in [0.1, 0.15) is 43.9 Å². The van der Waals surface area contributed by atoms with Crippen molar-refractivity contribution in [2.75, 3.05) is 6.54 Å². The van der Waals surface area contributed by atoms with Crippen LogP contribution in [0.2, 0.25) is 0 Å². The van der Waals surface area contributed by atoms with E-state index in [0.717, 1.165) is 11.1 Å². The Bertz CT molecular complexity index is 1590. The molecule has 0 heterocycles. The molecule has 0 aliphatic carbocycles. The summed E-state index contributed by atoms with van der Waals surface area (Å²) in [6.45, 7) is 4.39. The number of hydrogen-bond donors (Lipinski definition) is 7. The minimum atomic E-state index is -1.16. The van der Waals surface area contributed by atoms with Crippen LogP contribution in [0.4, 0.5) is 4.79 Å². The van der Waals surface area contributed by atoms with Crippen molar-refractivity contribution in [2.24, 2.45) is 5.92 Å². The van der Waals surface area contributed by atoms with Crippen molar-refractivity contribution in [2.45, 2.75) is 64.8 Å². The maximum atomic E-state index is 13.6. The number of hydrazine groups is 1. The Morgan fingerprint density at radius 3 is 1.78 bits per heavy atom. The van der Waals surface area contributed by atoms with Crippen LogP contribution in [-0.2, 0) is 48.2 Å². The Labute approximate surface area is 290 Å². The molecule has 7 N–H and O–H groups in total. The number of alkyl carbamates (subject to hydrolysis) is 1. The molecule has 0 aliphatic heterocycles. The molecule has 14 heteroatoms. The van der Waals surface area contributed by atoms with Gasteiger partial charge in [0, 0.05) is 19.8 Å². The third-order valence-electron chi connectivity index (χ3n) is 7.26. The zero-order valence-corrected chi connectivity index (χ0v) is 28.2. The van der Waals surface area contributed by atoms with Crippen LogP contribution in [0, 0.1) is 5.92 Å². The van der Waals surface area contributed by atoms with Gasteiger partial charge in [0.05, 0.1) is 6.54 Å². The lowest BCUT2D eigenvalue weighted by Crippen LogP contribution is -2.56. The first-order valence-electron chi connectivity index (χ1n) is 16.1. The molecule has 3 aromatic rings. The van der Waals surface area contributed by atoms with Crippen molar-refractivity contribution in [1.82, 2.24) is 32.1 Å². The molecular formula is C36H44N6O8. The fraction of sp³-hybridized carbons (Fsp3) is 0.333. The highest BCUT2D eigenvalue weighted by atomic mass is 16.5. The Balaban J connectivity index is 1.67. The lowest BCUT2D eigenvalue weighted by atomic mass is 10.0. The molecule has 0 radical (unpaired) electrons. The van der Waals surface area contributed by atoms with Crippen molar-refractivity contribution >= 4 is 35.6 Å². The van der Waals surface area contributed by atoms with Gasteiger partial charge in [0.15, 0.2) is 0 Å². The number of rotatable bonds is 16. The van der Waals surface area contributed by atoms with Crippen molar-refractivity contribution in [1.29, 1.82) is 0 Å². The van der Waals surface area contributed by atoms with E-state index < -0.39 is 60.3 Å². The Morgan fingerprint density at radius 1 is 0.640 bits per heavy atom. The molecule has 14 nitrogen and oxygen atoms in total. The van der Waals surface area contributed by atoms with Gasteiger partial charge in [-0.05, 0) is 41.2 Å². The third-order valence-corrected chi connectivity index (χ3v) is 7.26. The molecule has 0 saturated heterocycles. The molecule has 0 aromatic heterocycles. The molecule has 0 bridgehead atoms. The van der Waals surface area contributed by atoms with E-state index in [0.29, 0.717) is 5.56 Å². The van der Waals surface area contributed by atoms with Crippen LogP contribution in [0.3, 0.4) is 0 Å². The Morgan fingerprint density at radius 2 is 1.20 bits per heavy atom. The van der Waals surface area contributed by atoms with E-state index in [-0.39, 0.29) is 37.5 Å². The number of nitrogens with one attached hydrogen (secondary N) is 6. The van der Waals surface area contributed by atoms with E-state index in [1.807, 2.05) is 19.9 Å². The quantitative estimate of drug-likeness (QED) is 0.110. The van der Waals surface area contributed by atoms with Crippen LogP contribution < -0.4 is 32.1 Å². The number of amides is 6. The fourth-order valence-electron chi connectivity index (χ4n) is 4.79. The van der Waals surface area contributed by atoms with E-state index in [1.165, 1.54) is 19.1 Å². The monoisotopic (exact) mass is 688 g/mol. The summed E-state index contributed by atoms with van der Waals surface area (Å²) in [5, 5.41) is 20.0. The van der Waals surface area contributed by atoms with E-state index in [9.17, 15) is 33.9 Å². The van der Waals surface area contributed by atoms with Gasteiger partial charge in [0.1, 0.15) is 30.5 Å². The molecule has 3 atom stereocenters. The van der Waals surface area contributed by atoms with Crippen LogP contribution in [-0.4, -0.2) is 65.4 Å². The second-order valence-electron chi connectivity index (χ2n) is 12.0. The molecule has 50 heavy (non-hydrogen) atoms. The van der Waals surface area contributed by atoms with Gasteiger partial charge in [0.25, 0.3) is 5.91 Å². The summed E-state index contributed by atoms with van der Waals surface area (Å²) in [4.78, 5) is 76.7. The first-order valence-corrected chi connectivity index (χ1v) is 16.1. The largest absolute Gasteiger partial charge is 0.508 e. The molecule has 0 spiro atoms. The van der Waals surface area contributed by atoms with Crippen LogP contribution in [0.5, 0.6) is 5.75 Å². The highest BCUT2D eigenvalue weighted by molar-refractivity contribution is 5.94. The standard InChI is InChI=1S/C36H44N6O8/c1-23(2)18-29(33(46)37-21-32(45)38-31(35(48)42-41-24(3)43)19-25-10-6-4-7-11-25)39-34(47)30(20-26-14-16-28(44)17-15-26)40-36(49)50-22-27-12-8-5-9-13-27/h4-17,23,29-31,44H,18-22H2,1-3H3,(H,37,46)(H,38,45)(H,39,47)(H,40,49)(H,41,43)(H,42,48)/t29-,30+,31+/m1/s1. The molecule has 0 aliphatic rings. The molecular weight excluding hydrogens is 644 g/mol. The topological polar surface area (TPSA) is 204 Å². The summed E-state index contributed by atoms with van der Waals surface area (Å²) >= 11 is 0. The molecule has 6 amide bonds. The van der Waals surface area contributed by atoms with Crippen LogP contribution in [0.15, 0.2) is 84.9 Å². The highest BCUT2D eigenvalue weighted by Crippen LogP contribution is 2.13. The molecule has 3 rings (SSSR count). The molecule has 266 valence electrons. The van der Waals surface area contributed by atoms with Crippen molar-refractivity contribution in [3.8, 4) is 5.75 Å². The summed E-state index contributed by atoms with van der Waals surface area (Å²) < 4.78 is 5.32. The number of benzene rings is 3. The fourth-order valence-corrected chi connectivity index (χ4v) is 4.79. The van der Waals surface area contributed by atoms with E-state index >= 15 is 0 Å². The lowest BCUT2D eigenvalue weighted by molar-refractivity contribution is -0.133. The first kappa shape index (κ1) is 38.5. The van der Waals surface area contributed by atoms with Gasteiger partial charge in [-0.2, -0.15) is 0 Å². The predicted molar refractivity (Wildman–Crippen MR) is 184 cm³/mol. The summed E-state index contributed by atoms with van der Waals surface area (Å²) in [7, 11) is 0. The van der Waals surface area contributed by atoms with Gasteiger partial charge in [-0.15, -0.1) is 0 Å². The second kappa shape index (κ2) is 19.8. The SMILES string of the molecule is CC(=O)NNC(=O)[C@H](Cc1ccccc1)NC(=O)CNC(=O)[C@@H](CC(C)C)NC(=O)[C@H](Cc1ccc(O)cc1)NC(=O)OCc1ccccc1. The number of ether oxygens (including phenoxy) is 1. The van der Waals surface area contributed by atoms with E-state index in [1.54, 1.807) is 66.7 Å². The van der Waals surface area contributed by atoms with Gasteiger partial charge in [-0.25, -0.2) is 4.79 Å². The molecule has 0 fully saturated rings. The Kier molecular flexibility index (Phi) is 15.3. The zero-order chi connectivity index (χ0) is 36.5. The number of carbonyl (C=O) groups is 6. The summed E-state index contributed by atoms with van der Waals surface area (Å²) in [5.41, 5.74) is 6.57. The molecule has 0 saturated carbocycles. The van der Waals surface area contributed by atoms with Gasteiger partial charge in [-0.3, -0.25) is 34.8 Å². The van der Waals surface area contributed by atoms with Crippen molar-refractivity contribution in [3.05, 3.63) is 102 Å². The first-order chi connectivity index (χ1) is 23.9. The van der Waals surface area contributed by atoms with E-state index in [2.05, 4.69) is 32.1 Å². The van der Waals surface area contributed by atoms with Crippen molar-refractivity contribution < 1.29 is 38.6 Å². The maximum absolute atomic E-state index is 13.6. The number of phenols is 1. The van der Waals surface area contributed by atoms with Gasteiger partial charge < -0.3 is 31.1 Å². The summed E-state index contributed by atoms with van der Waals surface area (Å²) in [6, 6.07) is 20.7. The van der Waals surface area contributed by atoms with Gasteiger partial charge in [-0.1, -0.05) is 86.6 Å². The average Bonchev–Trinajstić information content (AvgIpc) is 3.09. The van der Waals surface area contributed by atoms with E-state index in [4.69, 9.17) is 4.74 Å². The smallest absolute Gasteiger partial charge is 0.408 e. The van der Waals surface area contributed by atoms with Crippen LogP contribution >= 0.6 is 0 Å². The minimum absolute atomic E-state index is 0.0221. The molecule has 3 aromatic carbocycles. The maximum Gasteiger partial charge on any atom is 0.408 e. The zero-order valence-electron chi connectivity index (χ0n) is 28.2. The predicted octanol–water partition coefficient (Wildman–Crippen LogP) is 1.77. The number of hydrogen-bond acceptors (Lipinski definition) is 8. The summed E-state index contributed by atoms with van der Waals surface area (Å²) in [5.74, 6) is -3.19. The van der Waals surface area contributed by atoms with Crippen LogP contribution in [0.25, 0.3) is 0 Å². The van der Waals surface area contributed by atoms with Gasteiger partial charge >= 0.3 is 6.09 Å². The third kappa shape index (κ3) is 14.1. The average molecular weight is 689 g/mol. The Hall–Kier alpha value is -5.92. The minimum Gasteiger partial charge on any atom is -0.508 e. The van der Waals surface area contributed by atoms with Gasteiger partial charge in [0.2, 0.25) is 23.6 Å². The lowest BCUT2D eigenvalue weighted by Gasteiger charge is -2.24.